The molecule has 0 bridgehead atoms. The number of anilines is 3. The highest BCUT2D eigenvalue weighted by Crippen LogP contribution is 2.62. The molecule has 17 rings (SSSR count). The van der Waals surface area contributed by atoms with E-state index in [1.165, 1.54) is 94.3 Å². The van der Waals surface area contributed by atoms with Gasteiger partial charge in [-0.25, -0.2) is 0 Å². The van der Waals surface area contributed by atoms with Gasteiger partial charge in [0.15, 0.2) is 0 Å². The zero-order valence-electron chi connectivity index (χ0n) is 41.9. The van der Waals surface area contributed by atoms with Crippen molar-refractivity contribution in [3.63, 3.8) is 0 Å². The van der Waals surface area contributed by atoms with E-state index in [0.717, 1.165) is 50.1 Å². The Hall–Kier alpha value is -9.96. The molecule has 2 aromatic heterocycles. The highest BCUT2D eigenvalue weighted by atomic mass is 16.3. The molecule has 358 valence electrons. The Morgan fingerprint density at radius 3 is 1.53 bits per heavy atom. The molecular weight excluding hydrogens is 933 g/mol. The van der Waals surface area contributed by atoms with Gasteiger partial charge < -0.3 is 13.9 Å². The Morgan fingerprint density at radius 1 is 0.299 bits per heavy atom. The molecule has 0 radical (unpaired) electrons. The topological polar surface area (TPSA) is 21.3 Å². The summed E-state index contributed by atoms with van der Waals surface area (Å²) in [7, 11) is 0. The molecule has 12 aromatic carbocycles. The van der Waals surface area contributed by atoms with E-state index in [2.05, 4.69) is 276 Å². The van der Waals surface area contributed by atoms with Crippen molar-refractivity contribution in [1.29, 1.82) is 0 Å². The first kappa shape index (κ1) is 42.4. The molecule has 3 aliphatic rings. The molecule has 2 aliphatic carbocycles. The highest BCUT2D eigenvalue weighted by molar-refractivity contribution is 6.14. The van der Waals surface area contributed by atoms with E-state index >= 15 is 0 Å². The molecule has 0 unspecified atom stereocenters. The second-order valence-corrected chi connectivity index (χ2v) is 21.0. The zero-order chi connectivity index (χ0) is 50.4. The van der Waals surface area contributed by atoms with Gasteiger partial charge in [0.05, 0.1) is 27.6 Å². The summed E-state index contributed by atoms with van der Waals surface area (Å²) in [6.45, 7) is 0. The second kappa shape index (κ2) is 15.8. The van der Waals surface area contributed by atoms with Gasteiger partial charge in [-0.05, 0) is 145 Å². The third-order valence-corrected chi connectivity index (χ3v) is 17.5. The van der Waals surface area contributed by atoms with Crippen molar-refractivity contribution in [2.24, 2.45) is 0 Å². The minimum Gasteiger partial charge on any atom is -0.456 e. The normalized spacial score (nSPS) is 13.9. The number of hydrogen-bond donors (Lipinski definition) is 0. The Morgan fingerprint density at radius 2 is 0.818 bits per heavy atom. The lowest BCUT2D eigenvalue weighted by Crippen LogP contribution is -2.33. The van der Waals surface area contributed by atoms with Gasteiger partial charge in [-0.15, -0.1) is 0 Å². The van der Waals surface area contributed by atoms with Crippen molar-refractivity contribution in [1.82, 2.24) is 4.57 Å². The van der Waals surface area contributed by atoms with Gasteiger partial charge in [-0.1, -0.05) is 212 Å². The standard InChI is InChI=1S/C74H46N2O/c1-3-18-49(19-4-1)73(50-20-5-2-6-21-50)62-27-11-7-24-56(62)57-41-39-53(46-67(57)73)75(51-37-34-47(35-38-51)48-36-43-71-61(44-48)58-25-10-16-33-70(58)77-71)52-40-42-68-60(45-52)59-26-17-31-66-72(59)76(68)69-32-15-14-30-65(69)74(66)63-28-12-8-22-54(63)55-23-9-13-29-64(55)74/h1-46H. The molecule has 1 aliphatic heterocycles. The molecule has 0 N–H and O–H groups in total. The summed E-state index contributed by atoms with van der Waals surface area (Å²) in [6, 6.07) is 104. The first-order chi connectivity index (χ1) is 38.2. The Kier molecular flexibility index (Phi) is 8.69. The fraction of sp³-hybridized carbons (Fsp3) is 0.0270. The van der Waals surface area contributed by atoms with Gasteiger partial charge in [-0.3, -0.25) is 0 Å². The average Bonchev–Trinajstić information content (AvgIpc) is 4.43. The molecule has 0 atom stereocenters. The summed E-state index contributed by atoms with van der Waals surface area (Å²) in [5.74, 6) is 0. The second-order valence-electron chi connectivity index (χ2n) is 21.0. The van der Waals surface area contributed by atoms with Crippen molar-refractivity contribution in [2.75, 3.05) is 4.90 Å². The Balaban J connectivity index is 0.905. The maximum absolute atomic E-state index is 6.25. The minimum atomic E-state index is -0.556. The van der Waals surface area contributed by atoms with E-state index in [9.17, 15) is 0 Å². The molecular formula is C74H46N2O. The molecule has 3 heterocycles. The molecule has 0 fully saturated rings. The molecule has 3 heteroatoms. The average molecular weight is 979 g/mol. The maximum Gasteiger partial charge on any atom is 0.135 e. The lowest BCUT2D eigenvalue weighted by atomic mass is 9.65. The molecule has 1 spiro atoms. The van der Waals surface area contributed by atoms with Crippen LogP contribution in [0, 0.1) is 0 Å². The number of aromatic nitrogens is 1. The lowest BCUT2D eigenvalue weighted by Gasteiger charge is -2.39. The van der Waals surface area contributed by atoms with Crippen LogP contribution in [0.2, 0.25) is 0 Å². The monoisotopic (exact) mass is 978 g/mol. The molecule has 0 amide bonds. The number of fused-ring (bicyclic) bond motifs is 18. The van der Waals surface area contributed by atoms with Crippen molar-refractivity contribution in [3.05, 3.63) is 324 Å². The van der Waals surface area contributed by atoms with Crippen LogP contribution in [0.25, 0.3) is 82.8 Å². The third kappa shape index (κ3) is 5.59. The SMILES string of the molecule is c1ccc(C2(c3ccccc3)c3ccccc3-c3ccc(N(c4ccc(-c5ccc6oc7ccccc7c6c5)cc4)c4ccc5c(c4)c4cccc6c4n5-c4ccccc4C64c5ccccc5-c5ccccc54)cc32)cc1. The van der Waals surface area contributed by atoms with E-state index < -0.39 is 10.8 Å². The van der Waals surface area contributed by atoms with Crippen LogP contribution in [-0.4, -0.2) is 4.57 Å². The van der Waals surface area contributed by atoms with Crippen LogP contribution in [0.1, 0.15) is 44.5 Å². The fourth-order valence-electron chi connectivity index (χ4n) is 14.4. The van der Waals surface area contributed by atoms with Crippen LogP contribution in [0.15, 0.2) is 283 Å². The van der Waals surface area contributed by atoms with Crippen LogP contribution in [0.4, 0.5) is 17.1 Å². The molecule has 3 nitrogen and oxygen atoms in total. The van der Waals surface area contributed by atoms with Crippen molar-refractivity contribution in [2.45, 2.75) is 10.8 Å². The summed E-state index contributed by atoms with van der Waals surface area (Å²) in [4.78, 5) is 2.48. The van der Waals surface area contributed by atoms with Gasteiger partial charge in [0.25, 0.3) is 0 Å². The molecule has 0 saturated carbocycles. The fourth-order valence-corrected chi connectivity index (χ4v) is 14.4. The van der Waals surface area contributed by atoms with Crippen LogP contribution in [0.3, 0.4) is 0 Å². The van der Waals surface area contributed by atoms with Gasteiger partial charge in [0.1, 0.15) is 11.2 Å². The highest BCUT2D eigenvalue weighted by Gasteiger charge is 2.51. The van der Waals surface area contributed by atoms with Gasteiger partial charge in [-0.2, -0.15) is 0 Å². The lowest BCUT2D eigenvalue weighted by molar-refractivity contribution is 0.669. The van der Waals surface area contributed by atoms with Crippen molar-refractivity contribution < 1.29 is 4.42 Å². The zero-order valence-corrected chi connectivity index (χ0v) is 41.9. The summed E-state index contributed by atoms with van der Waals surface area (Å²) < 4.78 is 8.80. The number of hydrogen-bond acceptors (Lipinski definition) is 2. The van der Waals surface area contributed by atoms with Crippen molar-refractivity contribution in [3.8, 4) is 39.1 Å². The first-order valence-corrected chi connectivity index (χ1v) is 26.7. The predicted molar refractivity (Wildman–Crippen MR) is 316 cm³/mol. The number of benzene rings is 12. The smallest absolute Gasteiger partial charge is 0.135 e. The number of para-hydroxylation sites is 3. The summed E-state index contributed by atoms with van der Waals surface area (Å²) >= 11 is 0. The summed E-state index contributed by atoms with van der Waals surface area (Å²) in [6.07, 6.45) is 0. The largest absolute Gasteiger partial charge is 0.456 e. The van der Waals surface area contributed by atoms with Crippen LogP contribution in [0.5, 0.6) is 0 Å². The van der Waals surface area contributed by atoms with E-state index in [1.807, 2.05) is 12.1 Å². The van der Waals surface area contributed by atoms with Gasteiger partial charge in [0, 0.05) is 38.6 Å². The first-order valence-electron chi connectivity index (χ1n) is 26.7. The summed E-state index contributed by atoms with van der Waals surface area (Å²) in [5.41, 5.74) is 25.4. The molecule has 14 aromatic rings. The van der Waals surface area contributed by atoms with E-state index in [1.54, 1.807) is 0 Å². The number of nitrogens with zero attached hydrogens (tertiary/aromatic N) is 2. The Labute approximate surface area is 445 Å². The van der Waals surface area contributed by atoms with E-state index in [0.29, 0.717) is 0 Å². The third-order valence-electron chi connectivity index (χ3n) is 17.5. The van der Waals surface area contributed by atoms with E-state index in [4.69, 9.17) is 4.42 Å². The van der Waals surface area contributed by atoms with Crippen LogP contribution in [-0.2, 0) is 10.8 Å². The summed E-state index contributed by atoms with van der Waals surface area (Å²) in [5, 5.41) is 4.70. The quantitative estimate of drug-likeness (QED) is 0.166. The maximum atomic E-state index is 6.25. The van der Waals surface area contributed by atoms with Crippen LogP contribution >= 0.6 is 0 Å². The minimum absolute atomic E-state index is 0.481. The van der Waals surface area contributed by atoms with Crippen molar-refractivity contribution >= 4 is 60.8 Å². The van der Waals surface area contributed by atoms with E-state index in [-0.39, 0.29) is 0 Å². The number of rotatable bonds is 6. The Bertz CT molecular complexity index is 4670. The molecule has 77 heavy (non-hydrogen) atoms. The molecule has 0 saturated heterocycles. The number of furan rings is 1. The van der Waals surface area contributed by atoms with Gasteiger partial charge >= 0.3 is 0 Å². The predicted octanol–water partition coefficient (Wildman–Crippen LogP) is 18.9. The van der Waals surface area contributed by atoms with Gasteiger partial charge in [0.2, 0.25) is 0 Å². The van der Waals surface area contributed by atoms with Crippen LogP contribution < -0.4 is 4.90 Å².